The lowest BCUT2D eigenvalue weighted by atomic mass is 10.1. The zero-order valence-corrected chi connectivity index (χ0v) is 20.9. The van der Waals surface area contributed by atoms with Gasteiger partial charge in [-0.05, 0) is 43.7 Å². The van der Waals surface area contributed by atoms with Crippen molar-refractivity contribution in [3.63, 3.8) is 0 Å². The summed E-state index contributed by atoms with van der Waals surface area (Å²) in [5.41, 5.74) is 1.02. The van der Waals surface area contributed by atoms with E-state index in [9.17, 15) is 18.0 Å². The van der Waals surface area contributed by atoms with Gasteiger partial charge in [0.1, 0.15) is 25.8 Å². The number of carbonyl (C=O) groups excluding carboxylic acids is 2. The Hall–Kier alpha value is -2.98. The number of anilines is 1. The van der Waals surface area contributed by atoms with Gasteiger partial charge in [-0.15, -0.1) is 0 Å². The third-order valence-electron chi connectivity index (χ3n) is 5.47. The second-order valence-electron chi connectivity index (χ2n) is 7.67. The van der Waals surface area contributed by atoms with Crippen molar-refractivity contribution in [1.29, 1.82) is 0 Å². The quantitative estimate of drug-likeness (QED) is 0.556. The highest BCUT2D eigenvalue weighted by molar-refractivity contribution is 7.92. The predicted molar refractivity (Wildman–Crippen MR) is 130 cm³/mol. The van der Waals surface area contributed by atoms with Crippen LogP contribution in [-0.2, 0) is 26.2 Å². The zero-order chi connectivity index (χ0) is 24.9. The second kappa shape index (κ2) is 11.0. The lowest BCUT2D eigenvalue weighted by Crippen LogP contribution is -2.51. The highest BCUT2D eigenvalue weighted by Crippen LogP contribution is 2.35. The number of hydrogen-bond acceptors (Lipinski definition) is 6. The Morgan fingerprint density at radius 1 is 1.09 bits per heavy atom. The van der Waals surface area contributed by atoms with Crippen LogP contribution in [0.2, 0.25) is 5.02 Å². The van der Waals surface area contributed by atoms with E-state index < -0.39 is 28.5 Å². The molecule has 0 saturated carbocycles. The molecule has 184 valence electrons. The van der Waals surface area contributed by atoms with E-state index in [0.29, 0.717) is 29.7 Å². The van der Waals surface area contributed by atoms with Gasteiger partial charge < -0.3 is 19.7 Å². The molecular weight excluding hydrogens is 482 g/mol. The van der Waals surface area contributed by atoms with Gasteiger partial charge in [0.15, 0.2) is 11.5 Å². The molecule has 2 aromatic rings. The molecule has 1 N–H and O–H groups in total. The Morgan fingerprint density at radius 3 is 2.35 bits per heavy atom. The summed E-state index contributed by atoms with van der Waals surface area (Å²) in [4.78, 5) is 27.2. The molecule has 1 aliphatic heterocycles. The van der Waals surface area contributed by atoms with Crippen LogP contribution in [0.3, 0.4) is 0 Å². The van der Waals surface area contributed by atoms with Crippen molar-refractivity contribution in [2.75, 3.05) is 36.9 Å². The fourth-order valence-corrected chi connectivity index (χ4v) is 4.66. The van der Waals surface area contributed by atoms with E-state index in [1.165, 1.54) is 18.9 Å². The van der Waals surface area contributed by atoms with Crippen molar-refractivity contribution < 1.29 is 27.5 Å². The molecule has 0 bridgehead atoms. The highest BCUT2D eigenvalue weighted by atomic mass is 35.5. The Bertz CT molecular complexity index is 1140. The maximum absolute atomic E-state index is 13.5. The Balaban J connectivity index is 1.94. The van der Waals surface area contributed by atoms with E-state index in [1.807, 2.05) is 0 Å². The molecule has 0 radical (unpaired) electrons. The smallest absolute Gasteiger partial charge is 0.244 e. The van der Waals surface area contributed by atoms with Crippen LogP contribution in [0.25, 0.3) is 0 Å². The number of benzene rings is 2. The number of halogens is 1. The summed E-state index contributed by atoms with van der Waals surface area (Å²) >= 11 is 5.96. The summed E-state index contributed by atoms with van der Waals surface area (Å²) in [5.74, 6) is -0.196. The van der Waals surface area contributed by atoms with Crippen LogP contribution in [0.1, 0.15) is 19.4 Å². The third kappa shape index (κ3) is 5.92. The van der Waals surface area contributed by atoms with Crippen molar-refractivity contribution in [2.45, 2.75) is 26.4 Å². The third-order valence-corrected chi connectivity index (χ3v) is 7.47. The molecule has 2 aromatic carbocycles. The number of amides is 2. The molecule has 34 heavy (non-hydrogen) atoms. The number of carbonyl (C=O) groups is 2. The molecule has 9 nitrogen and oxygen atoms in total. The van der Waals surface area contributed by atoms with Crippen LogP contribution in [0, 0.1) is 0 Å². The molecule has 3 rings (SSSR count). The molecule has 0 saturated heterocycles. The monoisotopic (exact) mass is 509 g/mol. The van der Waals surface area contributed by atoms with Gasteiger partial charge in [-0.1, -0.05) is 23.7 Å². The molecule has 0 aliphatic carbocycles. The van der Waals surface area contributed by atoms with Crippen LogP contribution in [0.5, 0.6) is 11.5 Å². The molecule has 0 spiro atoms. The van der Waals surface area contributed by atoms with Gasteiger partial charge in [-0.2, -0.15) is 0 Å². The SMILES string of the molecule is CCS(=O)(=O)N(CC(=O)N(Cc1ccc(Cl)cc1)C(C)C(=O)NC)c1ccc2c(c1)OCCO2. The predicted octanol–water partition coefficient (Wildman–Crippen LogP) is 2.43. The van der Waals surface area contributed by atoms with Gasteiger partial charge in [0.2, 0.25) is 21.8 Å². The van der Waals surface area contributed by atoms with E-state index in [4.69, 9.17) is 21.1 Å². The molecule has 2 amide bonds. The number of nitrogens with zero attached hydrogens (tertiary/aromatic N) is 2. The van der Waals surface area contributed by atoms with Gasteiger partial charge in [0.25, 0.3) is 0 Å². The molecular formula is C23H28ClN3O6S. The molecule has 11 heteroatoms. The van der Waals surface area contributed by atoms with Crippen molar-refractivity contribution in [2.24, 2.45) is 0 Å². The number of sulfonamides is 1. The Kier molecular flexibility index (Phi) is 8.27. The van der Waals surface area contributed by atoms with E-state index >= 15 is 0 Å². The summed E-state index contributed by atoms with van der Waals surface area (Å²) in [6.45, 7) is 3.46. The Morgan fingerprint density at radius 2 is 1.74 bits per heavy atom. The molecule has 1 unspecified atom stereocenters. The number of fused-ring (bicyclic) bond motifs is 1. The minimum Gasteiger partial charge on any atom is -0.486 e. The topological polar surface area (TPSA) is 105 Å². The van der Waals surface area contributed by atoms with Crippen LogP contribution in [0.15, 0.2) is 42.5 Å². The van der Waals surface area contributed by atoms with Crippen LogP contribution >= 0.6 is 11.6 Å². The Labute approximate surface area is 204 Å². The maximum Gasteiger partial charge on any atom is 0.244 e. The van der Waals surface area contributed by atoms with Gasteiger partial charge in [-0.3, -0.25) is 13.9 Å². The summed E-state index contributed by atoms with van der Waals surface area (Å²) in [7, 11) is -2.35. The molecule has 1 heterocycles. The lowest BCUT2D eigenvalue weighted by Gasteiger charge is -2.32. The van der Waals surface area contributed by atoms with E-state index in [-0.39, 0.29) is 23.9 Å². The fraction of sp³-hybridized carbons (Fsp3) is 0.391. The first-order valence-corrected chi connectivity index (χ1v) is 12.8. The first kappa shape index (κ1) is 25.6. The summed E-state index contributed by atoms with van der Waals surface area (Å²) in [5, 5.41) is 3.08. The number of nitrogens with one attached hydrogen (secondary N) is 1. The second-order valence-corrected chi connectivity index (χ2v) is 10.3. The van der Waals surface area contributed by atoms with E-state index in [1.54, 1.807) is 49.4 Å². The van der Waals surface area contributed by atoms with E-state index in [2.05, 4.69) is 5.32 Å². The molecule has 0 fully saturated rings. The van der Waals surface area contributed by atoms with Gasteiger partial charge in [-0.25, -0.2) is 8.42 Å². The van der Waals surface area contributed by atoms with Crippen LogP contribution in [0.4, 0.5) is 5.69 Å². The summed E-state index contributed by atoms with van der Waals surface area (Å²) in [6, 6.07) is 10.8. The minimum absolute atomic E-state index is 0.103. The lowest BCUT2D eigenvalue weighted by molar-refractivity contribution is -0.139. The normalized spacial score (nSPS) is 13.6. The minimum atomic E-state index is -3.83. The molecule has 1 aliphatic rings. The van der Waals surface area contributed by atoms with Gasteiger partial charge in [0.05, 0.1) is 11.4 Å². The standard InChI is InChI=1S/C23H28ClN3O6S/c1-4-34(30,31)27(19-9-10-20-21(13-19)33-12-11-32-20)15-22(28)26(16(2)23(29)25-3)14-17-5-7-18(24)8-6-17/h5-10,13,16H,4,11-12,14-15H2,1-3H3,(H,25,29). The number of likely N-dealkylation sites (N-methyl/N-ethyl adjacent to an activating group) is 1. The number of hydrogen-bond donors (Lipinski definition) is 1. The first-order valence-electron chi connectivity index (χ1n) is 10.8. The zero-order valence-electron chi connectivity index (χ0n) is 19.3. The molecule has 1 atom stereocenters. The number of ether oxygens (including phenoxy) is 2. The van der Waals surface area contributed by atoms with Gasteiger partial charge in [0, 0.05) is 24.7 Å². The highest BCUT2D eigenvalue weighted by Gasteiger charge is 2.31. The average Bonchev–Trinajstić information content (AvgIpc) is 2.85. The maximum atomic E-state index is 13.5. The average molecular weight is 510 g/mol. The molecule has 0 aromatic heterocycles. The van der Waals surface area contributed by atoms with Crippen LogP contribution in [-0.4, -0.2) is 63.7 Å². The fourth-order valence-electron chi connectivity index (χ4n) is 3.48. The van der Waals surface area contributed by atoms with E-state index in [0.717, 1.165) is 9.87 Å². The summed E-state index contributed by atoms with van der Waals surface area (Å²) in [6.07, 6.45) is 0. The van der Waals surface area contributed by atoms with Crippen molar-refractivity contribution >= 4 is 39.1 Å². The van der Waals surface area contributed by atoms with Crippen molar-refractivity contribution in [1.82, 2.24) is 10.2 Å². The number of rotatable bonds is 9. The van der Waals surface area contributed by atoms with Gasteiger partial charge >= 0.3 is 0 Å². The van der Waals surface area contributed by atoms with Crippen LogP contribution < -0.4 is 19.1 Å². The van der Waals surface area contributed by atoms with Crippen molar-refractivity contribution in [3.8, 4) is 11.5 Å². The largest absolute Gasteiger partial charge is 0.486 e. The first-order chi connectivity index (χ1) is 16.2. The summed E-state index contributed by atoms with van der Waals surface area (Å²) < 4.78 is 38.1. The van der Waals surface area contributed by atoms with Crippen molar-refractivity contribution in [3.05, 3.63) is 53.1 Å².